The number of nitrogens with zero attached hydrogens (tertiary/aromatic N) is 3. The molecule has 0 spiro atoms. The Kier molecular flexibility index (Phi) is 4.29. The summed E-state index contributed by atoms with van der Waals surface area (Å²) in [5, 5.41) is 0. The predicted molar refractivity (Wildman–Crippen MR) is 75.9 cm³/mol. The minimum Gasteiger partial charge on any atom is -0.375 e. The van der Waals surface area contributed by atoms with Crippen LogP contribution in [-0.4, -0.2) is 66.1 Å². The van der Waals surface area contributed by atoms with Gasteiger partial charge in [0.15, 0.2) is 0 Å². The maximum atomic E-state index is 13.1. The van der Waals surface area contributed by atoms with E-state index in [1.165, 1.54) is 17.2 Å². The van der Waals surface area contributed by atoms with Gasteiger partial charge in [-0.2, -0.15) is 13.2 Å². The number of aromatic nitrogens is 1. The Bertz CT molecular complexity index is 594. The molecule has 1 amide bonds. The Balaban J connectivity index is 1.82. The lowest BCUT2D eigenvalue weighted by Gasteiger charge is -2.45. The first-order valence-electron chi connectivity index (χ1n) is 7.51. The van der Waals surface area contributed by atoms with Crippen LogP contribution in [0.5, 0.6) is 0 Å². The second kappa shape index (κ2) is 6.09. The van der Waals surface area contributed by atoms with Gasteiger partial charge in [-0.15, -0.1) is 0 Å². The van der Waals surface area contributed by atoms with Gasteiger partial charge in [0.05, 0.1) is 24.3 Å². The number of piperidine rings is 1. The highest BCUT2D eigenvalue weighted by atomic mass is 19.4. The number of amides is 1. The third kappa shape index (κ3) is 3.18. The summed E-state index contributed by atoms with van der Waals surface area (Å²) in [6, 6.07) is 2.09. The number of likely N-dealkylation sites (tertiary alicyclic amines) is 1. The lowest BCUT2D eigenvalue weighted by molar-refractivity contribution is -0.138. The first-order valence-corrected chi connectivity index (χ1v) is 7.51. The fourth-order valence-corrected chi connectivity index (χ4v) is 3.18. The Morgan fingerprint density at radius 1 is 1.39 bits per heavy atom. The zero-order valence-electron chi connectivity index (χ0n) is 12.7. The summed E-state index contributed by atoms with van der Waals surface area (Å²) in [5.41, 5.74) is -1.52. The van der Waals surface area contributed by atoms with Gasteiger partial charge in [-0.3, -0.25) is 14.7 Å². The number of rotatable bonds is 1. The maximum Gasteiger partial charge on any atom is 0.418 e. The number of fused-ring (bicyclic) bond motifs is 1. The van der Waals surface area contributed by atoms with Crippen molar-refractivity contribution >= 4 is 5.91 Å². The number of likely N-dealkylation sites (N-methyl/N-ethyl adjacent to an activating group) is 1. The van der Waals surface area contributed by atoms with Gasteiger partial charge in [-0.05, 0) is 25.6 Å². The first kappa shape index (κ1) is 16.2. The molecular weight excluding hydrogens is 311 g/mol. The normalized spacial score (nSPS) is 26.0. The highest BCUT2D eigenvalue weighted by molar-refractivity contribution is 5.94. The van der Waals surface area contributed by atoms with Gasteiger partial charge < -0.3 is 9.64 Å². The zero-order valence-corrected chi connectivity index (χ0v) is 12.7. The summed E-state index contributed by atoms with van der Waals surface area (Å²) in [4.78, 5) is 19.8. The number of carbonyl (C=O) groups excluding carboxylic acids is 1. The molecule has 0 radical (unpaired) electrons. The topological polar surface area (TPSA) is 45.7 Å². The van der Waals surface area contributed by atoms with E-state index >= 15 is 0 Å². The summed E-state index contributed by atoms with van der Waals surface area (Å²) in [6.45, 7) is 2.13. The fraction of sp³-hybridized carbons (Fsp3) is 0.600. The van der Waals surface area contributed by atoms with Crippen LogP contribution in [0.3, 0.4) is 0 Å². The minimum atomic E-state index is -4.59. The quantitative estimate of drug-likeness (QED) is 0.786. The Morgan fingerprint density at radius 3 is 2.91 bits per heavy atom. The number of ether oxygens (including phenoxy) is 1. The van der Waals surface area contributed by atoms with Crippen molar-refractivity contribution in [3.63, 3.8) is 0 Å². The summed E-state index contributed by atoms with van der Waals surface area (Å²) in [5.74, 6) is -0.671. The van der Waals surface area contributed by atoms with E-state index in [0.29, 0.717) is 26.1 Å². The van der Waals surface area contributed by atoms with Crippen LogP contribution >= 0.6 is 0 Å². The summed E-state index contributed by atoms with van der Waals surface area (Å²) in [6.07, 6.45) is -2.73. The number of hydrogen-bond acceptors (Lipinski definition) is 4. The average Bonchev–Trinajstić information content (AvgIpc) is 2.53. The molecule has 0 aliphatic carbocycles. The molecule has 2 fully saturated rings. The number of hydrogen-bond donors (Lipinski definition) is 0. The predicted octanol–water partition coefficient (Wildman–Crippen LogP) is 1.65. The molecule has 8 heteroatoms. The van der Waals surface area contributed by atoms with Crippen LogP contribution in [0.1, 0.15) is 22.5 Å². The van der Waals surface area contributed by atoms with E-state index < -0.39 is 23.3 Å². The Hall–Kier alpha value is -1.67. The van der Waals surface area contributed by atoms with E-state index in [4.69, 9.17) is 4.74 Å². The van der Waals surface area contributed by atoms with Crippen molar-refractivity contribution < 1.29 is 22.7 Å². The van der Waals surface area contributed by atoms with Gasteiger partial charge in [0.2, 0.25) is 0 Å². The molecule has 126 valence electrons. The summed E-state index contributed by atoms with van der Waals surface area (Å²) >= 11 is 0. The number of pyridine rings is 1. The van der Waals surface area contributed by atoms with Crippen molar-refractivity contribution in [3.8, 4) is 0 Å². The van der Waals surface area contributed by atoms with E-state index in [1.54, 1.807) is 0 Å². The largest absolute Gasteiger partial charge is 0.418 e. The smallest absolute Gasteiger partial charge is 0.375 e. The Labute approximate surface area is 132 Å². The van der Waals surface area contributed by atoms with Gasteiger partial charge in [-0.1, -0.05) is 0 Å². The fourth-order valence-electron chi connectivity index (χ4n) is 3.18. The molecule has 5 nitrogen and oxygen atoms in total. The van der Waals surface area contributed by atoms with Crippen molar-refractivity contribution in [3.05, 3.63) is 29.6 Å². The van der Waals surface area contributed by atoms with E-state index in [0.717, 1.165) is 12.6 Å². The third-order valence-corrected chi connectivity index (χ3v) is 4.47. The van der Waals surface area contributed by atoms with Crippen molar-refractivity contribution in [1.82, 2.24) is 14.8 Å². The molecule has 2 aliphatic heterocycles. The van der Waals surface area contributed by atoms with E-state index in [-0.39, 0.29) is 12.1 Å². The number of alkyl halides is 3. The van der Waals surface area contributed by atoms with Crippen molar-refractivity contribution in [1.29, 1.82) is 0 Å². The van der Waals surface area contributed by atoms with Crippen molar-refractivity contribution in [2.24, 2.45) is 0 Å². The van der Waals surface area contributed by atoms with Gasteiger partial charge in [-0.25, -0.2) is 0 Å². The second-order valence-corrected chi connectivity index (χ2v) is 5.89. The van der Waals surface area contributed by atoms with Crippen LogP contribution in [0.15, 0.2) is 18.3 Å². The molecule has 0 saturated carbocycles. The highest BCUT2D eigenvalue weighted by Crippen LogP contribution is 2.32. The minimum absolute atomic E-state index is 0.0134. The number of halogens is 3. The van der Waals surface area contributed by atoms with Crippen LogP contribution < -0.4 is 0 Å². The molecule has 2 aliphatic rings. The molecular formula is C15H18F3N3O2. The number of carbonyl (C=O) groups is 1. The standard InChI is InChI=1S/C15H18F3N3O2/c1-20-7-8-23-12-4-6-21(9-11(12)20)14(22)13-10(15(16,17)18)3-2-5-19-13/h2-3,5,11-12H,4,6-9H2,1H3/t11-,12-/m1/s1. The molecule has 2 saturated heterocycles. The van der Waals surface area contributed by atoms with Crippen LogP contribution in [0.2, 0.25) is 0 Å². The highest BCUT2D eigenvalue weighted by Gasteiger charge is 2.40. The Morgan fingerprint density at radius 2 is 2.17 bits per heavy atom. The first-order chi connectivity index (χ1) is 10.9. The SMILES string of the molecule is CN1CCO[C@@H]2CCN(C(=O)c3ncccc3C(F)(F)F)C[C@H]21. The molecule has 0 N–H and O–H groups in total. The van der Waals surface area contributed by atoms with Gasteiger partial charge in [0, 0.05) is 25.8 Å². The molecule has 1 aromatic rings. The van der Waals surface area contributed by atoms with E-state index in [9.17, 15) is 18.0 Å². The zero-order chi connectivity index (χ0) is 16.6. The number of morpholine rings is 1. The van der Waals surface area contributed by atoms with Crippen molar-refractivity contribution in [2.75, 3.05) is 33.3 Å². The molecule has 0 bridgehead atoms. The van der Waals surface area contributed by atoms with E-state index in [2.05, 4.69) is 9.88 Å². The van der Waals surface area contributed by atoms with Crippen molar-refractivity contribution in [2.45, 2.75) is 24.7 Å². The van der Waals surface area contributed by atoms with Crippen LogP contribution in [0, 0.1) is 0 Å². The molecule has 23 heavy (non-hydrogen) atoms. The molecule has 1 aromatic heterocycles. The molecule has 0 unspecified atom stereocenters. The van der Waals surface area contributed by atoms with Gasteiger partial charge in [0.1, 0.15) is 5.69 Å². The average molecular weight is 329 g/mol. The monoisotopic (exact) mass is 329 g/mol. The summed E-state index contributed by atoms with van der Waals surface area (Å²) in [7, 11) is 1.94. The molecule has 3 rings (SSSR count). The summed E-state index contributed by atoms with van der Waals surface area (Å²) < 4.78 is 44.9. The van der Waals surface area contributed by atoms with Gasteiger partial charge >= 0.3 is 6.18 Å². The van der Waals surface area contributed by atoms with Crippen LogP contribution in [0.25, 0.3) is 0 Å². The van der Waals surface area contributed by atoms with Crippen LogP contribution in [0.4, 0.5) is 13.2 Å². The van der Waals surface area contributed by atoms with Gasteiger partial charge in [0.25, 0.3) is 5.91 Å². The molecule has 3 heterocycles. The lowest BCUT2D eigenvalue weighted by Crippen LogP contribution is -2.59. The van der Waals surface area contributed by atoms with E-state index in [1.807, 2.05) is 7.05 Å². The maximum absolute atomic E-state index is 13.1. The third-order valence-electron chi connectivity index (χ3n) is 4.47. The van der Waals surface area contributed by atoms with Crippen LogP contribution in [-0.2, 0) is 10.9 Å². The molecule has 2 atom stereocenters. The molecule has 0 aromatic carbocycles. The second-order valence-electron chi connectivity index (χ2n) is 5.89. The lowest BCUT2D eigenvalue weighted by atomic mass is 9.98.